The molecule has 1 N–H and O–H groups in total. The summed E-state index contributed by atoms with van der Waals surface area (Å²) in [5.41, 5.74) is 0. The molecule has 0 aliphatic heterocycles. The zero-order valence-corrected chi connectivity index (χ0v) is 63.7. The van der Waals surface area contributed by atoms with E-state index in [0.29, 0.717) is 23.9 Å². The van der Waals surface area contributed by atoms with Crippen LogP contribution in [-0.4, -0.2) is 87.4 Å². The summed E-state index contributed by atoms with van der Waals surface area (Å²) >= 11 is 0. The third-order valence-corrected chi connectivity index (χ3v) is 17.4. The summed E-state index contributed by atoms with van der Waals surface area (Å²) < 4.78 is 23.0. The normalized spacial score (nSPS) is 13.4. The molecule has 97 heavy (non-hydrogen) atoms. The van der Waals surface area contributed by atoms with Crippen molar-refractivity contribution in [2.45, 2.75) is 360 Å². The predicted octanol–water partition coefficient (Wildman–Crippen LogP) is 26.0. The summed E-state index contributed by atoms with van der Waals surface area (Å²) in [4.78, 5) is 37.7. The van der Waals surface area contributed by atoms with Crippen LogP contribution >= 0.6 is 0 Å². The molecule has 0 aliphatic rings. The topological polar surface area (TPSA) is 108 Å². The molecule has 0 rings (SSSR count). The first-order chi connectivity index (χ1) is 47.6. The van der Waals surface area contributed by atoms with Gasteiger partial charge in [-0.25, -0.2) is 4.79 Å². The van der Waals surface area contributed by atoms with Gasteiger partial charge in [-0.05, 0) is 96.3 Å². The number of carbonyl (C=O) groups excluding carboxylic acids is 2. The van der Waals surface area contributed by atoms with E-state index in [-0.39, 0.29) is 32.2 Å². The molecule has 556 valence electrons. The van der Waals surface area contributed by atoms with E-state index >= 15 is 0 Å². The minimum atomic E-state index is -1.53. The highest BCUT2D eigenvalue weighted by Crippen LogP contribution is 2.19. The molecule has 0 saturated heterocycles. The van der Waals surface area contributed by atoms with Crippen molar-refractivity contribution in [2.75, 3.05) is 47.5 Å². The summed E-state index contributed by atoms with van der Waals surface area (Å²) in [6.07, 6.45) is 109. The van der Waals surface area contributed by atoms with Crippen LogP contribution in [0.15, 0.2) is 134 Å². The first kappa shape index (κ1) is 92.4. The van der Waals surface area contributed by atoms with Gasteiger partial charge in [0.05, 0.1) is 34.4 Å². The second-order valence-electron chi connectivity index (χ2n) is 28.0. The number of hydrogen-bond acceptors (Lipinski definition) is 7. The van der Waals surface area contributed by atoms with Gasteiger partial charge < -0.3 is 28.5 Å². The van der Waals surface area contributed by atoms with Gasteiger partial charge in [-0.2, -0.15) is 0 Å². The molecular weight excluding hydrogens is 1200 g/mol. The van der Waals surface area contributed by atoms with Crippen molar-refractivity contribution >= 4 is 17.9 Å². The van der Waals surface area contributed by atoms with Crippen LogP contribution in [0, 0.1) is 0 Å². The number of nitrogens with zero attached hydrogens (tertiary/aromatic N) is 1. The van der Waals surface area contributed by atoms with Gasteiger partial charge in [-0.3, -0.25) is 9.59 Å². The lowest BCUT2D eigenvalue weighted by Crippen LogP contribution is -2.40. The Morgan fingerprint density at radius 3 is 0.876 bits per heavy atom. The summed E-state index contributed by atoms with van der Waals surface area (Å²) in [5.74, 6) is -2.05. The molecule has 0 radical (unpaired) electrons. The number of allylic oxidation sites excluding steroid dienone is 22. The van der Waals surface area contributed by atoms with E-state index in [1.165, 1.54) is 205 Å². The fraction of sp³-hybridized carbons (Fsp3) is 0.716. The van der Waals surface area contributed by atoms with Gasteiger partial charge >= 0.3 is 17.9 Å². The van der Waals surface area contributed by atoms with Crippen molar-refractivity contribution < 1.29 is 42.9 Å². The average Bonchev–Trinajstić information content (AvgIpc) is 3.11. The van der Waals surface area contributed by atoms with E-state index in [2.05, 4.69) is 148 Å². The second-order valence-corrected chi connectivity index (χ2v) is 28.0. The second kappa shape index (κ2) is 77.2. The Labute approximate surface area is 599 Å². The van der Waals surface area contributed by atoms with Crippen LogP contribution in [0.2, 0.25) is 0 Å². The Kier molecular flexibility index (Phi) is 73.5. The highest BCUT2D eigenvalue weighted by Gasteiger charge is 2.25. The molecule has 0 spiro atoms. The quantitative estimate of drug-likeness (QED) is 0.0211. The van der Waals surface area contributed by atoms with E-state index in [1.807, 2.05) is 21.1 Å². The van der Waals surface area contributed by atoms with Gasteiger partial charge in [0, 0.05) is 12.8 Å². The van der Waals surface area contributed by atoms with Gasteiger partial charge in [-0.1, -0.05) is 372 Å². The Hall–Kier alpha value is -4.57. The zero-order chi connectivity index (χ0) is 70.4. The Balaban J connectivity index is 4.12. The van der Waals surface area contributed by atoms with Crippen LogP contribution < -0.4 is 0 Å². The number of likely N-dealkylation sites (N-methyl/N-ethyl adjacent to an activating group) is 1. The number of carboxylic acid groups (broad SMARTS) is 1. The van der Waals surface area contributed by atoms with Crippen molar-refractivity contribution in [2.24, 2.45) is 0 Å². The third-order valence-electron chi connectivity index (χ3n) is 17.4. The van der Waals surface area contributed by atoms with Gasteiger partial charge in [0.25, 0.3) is 6.29 Å². The van der Waals surface area contributed by atoms with E-state index in [0.717, 1.165) is 109 Å². The molecule has 2 atom stereocenters. The lowest BCUT2D eigenvalue weighted by molar-refractivity contribution is -0.870. The minimum absolute atomic E-state index is 0.176. The van der Waals surface area contributed by atoms with Gasteiger partial charge in [-0.15, -0.1) is 0 Å². The van der Waals surface area contributed by atoms with Crippen molar-refractivity contribution in [3.63, 3.8) is 0 Å². The van der Waals surface area contributed by atoms with E-state index in [4.69, 9.17) is 18.9 Å². The largest absolute Gasteiger partial charge is 0.477 e. The maximum absolute atomic E-state index is 13.0. The van der Waals surface area contributed by atoms with Crippen LogP contribution in [0.5, 0.6) is 0 Å². The first-order valence-electron chi connectivity index (χ1n) is 40.3. The molecule has 0 amide bonds. The fourth-order valence-corrected chi connectivity index (χ4v) is 11.3. The van der Waals surface area contributed by atoms with Crippen molar-refractivity contribution in [3.05, 3.63) is 134 Å². The highest BCUT2D eigenvalue weighted by molar-refractivity contribution is 5.71. The highest BCUT2D eigenvalue weighted by atomic mass is 16.7. The van der Waals surface area contributed by atoms with Crippen molar-refractivity contribution in [3.8, 4) is 0 Å². The number of quaternary nitrogens is 1. The number of aliphatic carboxylic acids is 1. The van der Waals surface area contributed by atoms with Gasteiger partial charge in [0.2, 0.25) is 0 Å². The average molecular weight is 1350 g/mol. The molecule has 0 aromatic rings. The monoisotopic (exact) mass is 1350 g/mol. The van der Waals surface area contributed by atoms with Crippen LogP contribution in [0.4, 0.5) is 0 Å². The molecule has 2 unspecified atom stereocenters. The Morgan fingerprint density at radius 1 is 0.320 bits per heavy atom. The molecule has 0 heterocycles. The number of unbranched alkanes of at least 4 members (excludes halogenated alkanes) is 37. The van der Waals surface area contributed by atoms with E-state index in [9.17, 15) is 19.5 Å². The number of carbonyl (C=O) groups is 3. The molecule has 0 aromatic carbocycles. The molecule has 0 saturated carbocycles. The summed E-state index contributed by atoms with van der Waals surface area (Å²) in [5, 5.41) is 9.77. The SMILES string of the molecule is CC/C=C\C/C=C\C/C=C\C/C=C\C/C=C\C/C=C\C/C=C\C/C=C\C/C=C\C/C=C\C/C=C\CCCCCC(=O)OC(COC(=O)CCCCCCCCCCCCCCCCCCCCCCCCCCCCCCCCCCCCC)COC(OCC[N+](C)(C)C)C(=O)O. The van der Waals surface area contributed by atoms with Crippen LogP contribution in [0.3, 0.4) is 0 Å². The lowest BCUT2D eigenvalue weighted by atomic mass is 10.0. The standard InChI is InChI=1S/C88H151NO8/c1-6-8-10-12-14-16-18-20-22-24-26-28-30-32-34-36-38-40-42-43-45-47-49-51-53-55-57-59-61-63-65-67-69-71-73-75-77-79-86(91)97-84(83-96-88(87(92)93)94-81-80-89(3,4)5)82-95-85(90)78-76-74-72-70-68-66-64-62-60-58-56-54-52-50-48-46-44-41-39-37-35-33-31-29-27-25-23-21-19-17-15-13-11-9-7-2/h8,10,14,16,20,22,26,28,32,34,38,40,43,45,49,51,55,57,61,63,67,69,84,88H,6-7,9,11-13,15,17-19,21,23-25,27,29-31,33,35-37,39,41-42,44,46-48,50,52-54,56,58-60,62,64-66,68,70-83H2,1-5H3/p+1/b10-8-,16-14-,22-20-,28-26-,34-32-,40-38-,45-43-,51-49-,57-55-,63-61-,69-67-. The first-order valence-corrected chi connectivity index (χ1v) is 40.3. The van der Waals surface area contributed by atoms with Gasteiger partial charge in [0.1, 0.15) is 13.2 Å². The third kappa shape index (κ3) is 78.6. The van der Waals surface area contributed by atoms with Gasteiger partial charge in [0.15, 0.2) is 6.10 Å². The lowest BCUT2D eigenvalue weighted by Gasteiger charge is -2.25. The van der Waals surface area contributed by atoms with E-state index in [1.54, 1.807) is 0 Å². The molecule has 9 heteroatoms. The maximum Gasteiger partial charge on any atom is 0.361 e. The molecule has 0 aromatic heterocycles. The Morgan fingerprint density at radius 2 is 0.588 bits per heavy atom. The maximum atomic E-state index is 13.0. The summed E-state index contributed by atoms with van der Waals surface area (Å²) in [6.45, 7) is 4.76. The minimum Gasteiger partial charge on any atom is -0.477 e. The van der Waals surface area contributed by atoms with Crippen LogP contribution in [-0.2, 0) is 33.3 Å². The van der Waals surface area contributed by atoms with E-state index < -0.39 is 24.3 Å². The van der Waals surface area contributed by atoms with Crippen molar-refractivity contribution in [1.82, 2.24) is 0 Å². The van der Waals surface area contributed by atoms with Crippen LogP contribution in [0.25, 0.3) is 0 Å². The van der Waals surface area contributed by atoms with Crippen molar-refractivity contribution in [1.29, 1.82) is 0 Å². The molecular formula is C88H152NO8+. The molecule has 0 fully saturated rings. The molecule has 9 nitrogen and oxygen atoms in total. The predicted molar refractivity (Wildman–Crippen MR) is 419 cm³/mol. The summed E-state index contributed by atoms with van der Waals surface area (Å²) in [7, 11) is 5.97. The molecule has 0 bridgehead atoms. The number of esters is 2. The number of rotatable bonds is 74. The van der Waals surface area contributed by atoms with Crippen LogP contribution in [0.1, 0.15) is 348 Å². The Bertz CT molecular complexity index is 2060. The zero-order valence-electron chi connectivity index (χ0n) is 63.7. The molecule has 0 aliphatic carbocycles. The smallest absolute Gasteiger partial charge is 0.361 e. The number of ether oxygens (including phenoxy) is 4. The summed E-state index contributed by atoms with van der Waals surface area (Å²) in [6, 6.07) is 0. The fourth-order valence-electron chi connectivity index (χ4n) is 11.3. The number of carboxylic acids is 1. The number of hydrogen-bond donors (Lipinski definition) is 1.